The fourth-order valence-corrected chi connectivity index (χ4v) is 2.89. The molecule has 0 aliphatic rings. The van der Waals surface area contributed by atoms with E-state index in [4.69, 9.17) is 18.9 Å². The molecule has 0 aliphatic carbocycles. The highest BCUT2D eigenvalue weighted by molar-refractivity contribution is 5.93. The summed E-state index contributed by atoms with van der Waals surface area (Å²) in [5.41, 5.74) is 1.65. The summed E-state index contributed by atoms with van der Waals surface area (Å²) in [5.74, 6) is 2.54. The van der Waals surface area contributed by atoms with Crippen molar-refractivity contribution in [2.75, 3.05) is 46.8 Å². The zero-order valence-electron chi connectivity index (χ0n) is 17.1. The molecule has 7 nitrogen and oxygen atoms in total. The third-order valence-corrected chi connectivity index (χ3v) is 4.18. The topological polar surface area (TPSA) is 70.5 Å². The van der Waals surface area contributed by atoms with Crippen LogP contribution in [0.2, 0.25) is 0 Å². The minimum absolute atomic E-state index is 0.109. The Morgan fingerprint density at radius 1 is 0.964 bits per heavy atom. The van der Waals surface area contributed by atoms with Crippen LogP contribution in [0.25, 0.3) is 0 Å². The van der Waals surface area contributed by atoms with Crippen LogP contribution in [-0.4, -0.2) is 47.4 Å². The maximum absolute atomic E-state index is 12.5. The molecular weight excluding hydrogens is 360 g/mol. The second kappa shape index (κ2) is 10.4. The van der Waals surface area contributed by atoms with Gasteiger partial charge in [0.2, 0.25) is 0 Å². The van der Waals surface area contributed by atoms with Crippen molar-refractivity contribution in [1.29, 1.82) is 0 Å². The molecule has 1 atom stereocenters. The van der Waals surface area contributed by atoms with Crippen LogP contribution in [0.1, 0.15) is 12.5 Å². The van der Waals surface area contributed by atoms with Gasteiger partial charge in [-0.15, -0.1) is 0 Å². The molecule has 0 saturated carbocycles. The minimum atomic E-state index is -0.109. The van der Waals surface area contributed by atoms with Crippen molar-refractivity contribution in [3.05, 3.63) is 42.0 Å². The lowest BCUT2D eigenvalue weighted by Crippen LogP contribution is -3.08. The Kier molecular flexibility index (Phi) is 7.95. The first kappa shape index (κ1) is 21.4. The lowest BCUT2D eigenvalue weighted by molar-refractivity contribution is -0.885. The number of methoxy groups -OCH3 is 3. The summed E-state index contributed by atoms with van der Waals surface area (Å²) in [7, 11) is 6.73. The van der Waals surface area contributed by atoms with Gasteiger partial charge in [0.15, 0.2) is 18.0 Å². The summed E-state index contributed by atoms with van der Waals surface area (Å²) in [6.07, 6.45) is 0. The normalized spacial score (nSPS) is 11.5. The molecule has 0 spiro atoms. The lowest BCUT2D eigenvalue weighted by Gasteiger charge is -2.16. The number of quaternary nitrogens is 1. The predicted octanol–water partition coefficient (Wildman–Crippen LogP) is 1.76. The fourth-order valence-electron chi connectivity index (χ4n) is 2.89. The van der Waals surface area contributed by atoms with Gasteiger partial charge in [-0.3, -0.25) is 4.79 Å². The van der Waals surface area contributed by atoms with Crippen molar-refractivity contribution in [2.45, 2.75) is 13.5 Å². The van der Waals surface area contributed by atoms with Crippen LogP contribution in [0.15, 0.2) is 36.4 Å². The number of hydrogen-bond acceptors (Lipinski definition) is 5. The highest BCUT2D eigenvalue weighted by atomic mass is 16.5. The van der Waals surface area contributed by atoms with E-state index in [0.29, 0.717) is 48.4 Å². The van der Waals surface area contributed by atoms with E-state index in [1.807, 2.05) is 32.2 Å². The second-order valence-electron chi connectivity index (χ2n) is 6.34. The Bertz CT molecular complexity index is 794. The number of carbonyl (C=O) groups is 1. The molecule has 0 saturated heterocycles. The summed E-state index contributed by atoms with van der Waals surface area (Å²) in [4.78, 5) is 13.5. The van der Waals surface area contributed by atoms with Crippen LogP contribution >= 0.6 is 0 Å². The quantitative estimate of drug-likeness (QED) is 0.648. The third-order valence-electron chi connectivity index (χ3n) is 4.18. The molecule has 2 rings (SSSR count). The van der Waals surface area contributed by atoms with E-state index >= 15 is 0 Å². The van der Waals surface area contributed by atoms with E-state index in [1.165, 1.54) is 0 Å². The number of ether oxygens (including phenoxy) is 4. The maximum Gasteiger partial charge on any atom is 0.279 e. The number of carbonyl (C=O) groups excluding carboxylic acids is 1. The van der Waals surface area contributed by atoms with Crippen molar-refractivity contribution in [2.24, 2.45) is 0 Å². The minimum Gasteiger partial charge on any atom is -0.497 e. The SMILES string of the molecule is CCOc1ccc(C[NH+](C)CC(=O)Nc2cc(OC)ccc2OC)cc1OC. The number of likely N-dealkylation sites (N-methyl/N-ethyl adjacent to an activating group) is 1. The van der Waals surface area contributed by atoms with Crippen LogP contribution in [0.4, 0.5) is 5.69 Å². The summed E-state index contributed by atoms with van der Waals surface area (Å²) in [5, 5.41) is 2.89. The molecule has 0 heterocycles. The molecule has 0 fully saturated rings. The molecule has 28 heavy (non-hydrogen) atoms. The molecule has 1 unspecified atom stereocenters. The van der Waals surface area contributed by atoms with E-state index < -0.39 is 0 Å². The molecule has 0 radical (unpaired) electrons. The Hall–Kier alpha value is -2.93. The second-order valence-corrected chi connectivity index (χ2v) is 6.34. The Morgan fingerprint density at radius 3 is 2.32 bits per heavy atom. The van der Waals surface area contributed by atoms with Gasteiger partial charge in [0.05, 0.1) is 40.7 Å². The first-order valence-electron chi connectivity index (χ1n) is 9.13. The van der Waals surface area contributed by atoms with E-state index in [1.54, 1.807) is 39.5 Å². The molecule has 1 amide bonds. The standard InChI is InChI=1S/C21H28N2O5/c1-6-28-19-9-7-15(11-20(19)27-5)13-23(2)14-21(24)22-17-12-16(25-3)8-10-18(17)26-4/h7-12H,6,13-14H2,1-5H3,(H,22,24)/p+1. The van der Waals surface area contributed by atoms with Crippen LogP contribution in [0.3, 0.4) is 0 Å². The molecule has 2 N–H and O–H groups in total. The third kappa shape index (κ3) is 5.79. The van der Waals surface area contributed by atoms with E-state index in [-0.39, 0.29) is 5.91 Å². The number of rotatable bonds is 10. The first-order chi connectivity index (χ1) is 13.5. The van der Waals surface area contributed by atoms with Gasteiger partial charge in [-0.05, 0) is 37.3 Å². The average molecular weight is 389 g/mol. The molecule has 2 aromatic rings. The Balaban J connectivity index is 1.99. The molecule has 7 heteroatoms. The van der Waals surface area contributed by atoms with Crippen molar-refractivity contribution in [3.63, 3.8) is 0 Å². The Morgan fingerprint density at radius 2 is 1.68 bits per heavy atom. The molecule has 2 aromatic carbocycles. The number of benzene rings is 2. The van der Waals surface area contributed by atoms with E-state index in [2.05, 4.69) is 5.32 Å². The summed E-state index contributed by atoms with van der Waals surface area (Å²) in [6, 6.07) is 11.1. The van der Waals surface area contributed by atoms with E-state index in [0.717, 1.165) is 10.5 Å². The summed E-state index contributed by atoms with van der Waals surface area (Å²) >= 11 is 0. The van der Waals surface area contributed by atoms with Gasteiger partial charge in [-0.25, -0.2) is 0 Å². The summed E-state index contributed by atoms with van der Waals surface area (Å²) in [6.45, 7) is 3.48. The van der Waals surface area contributed by atoms with Crippen molar-refractivity contribution in [1.82, 2.24) is 0 Å². The van der Waals surface area contributed by atoms with Gasteiger partial charge < -0.3 is 29.2 Å². The van der Waals surface area contributed by atoms with Gasteiger partial charge in [0.1, 0.15) is 18.0 Å². The van der Waals surface area contributed by atoms with Gasteiger partial charge in [0.25, 0.3) is 5.91 Å². The molecule has 0 aromatic heterocycles. The van der Waals surface area contributed by atoms with Gasteiger partial charge in [-0.2, -0.15) is 0 Å². The Labute approximate surface area is 166 Å². The van der Waals surface area contributed by atoms with Crippen LogP contribution in [-0.2, 0) is 11.3 Å². The molecular formula is C21H29N2O5+. The number of nitrogens with one attached hydrogen (secondary N) is 2. The van der Waals surface area contributed by atoms with Gasteiger partial charge >= 0.3 is 0 Å². The smallest absolute Gasteiger partial charge is 0.279 e. The molecule has 0 aliphatic heterocycles. The van der Waals surface area contributed by atoms with Crippen LogP contribution in [0.5, 0.6) is 23.0 Å². The number of hydrogen-bond donors (Lipinski definition) is 2. The highest BCUT2D eigenvalue weighted by Gasteiger charge is 2.15. The highest BCUT2D eigenvalue weighted by Crippen LogP contribution is 2.29. The van der Waals surface area contributed by atoms with Crippen molar-refractivity contribution < 1.29 is 28.6 Å². The maximum atomic E-state index is 12.5. The first-order valence-corrected chi connectivity index (χ1v) is 9.13. The van der Waals surface area contributed by atoms with Crippen LogP contribution in [0, 0.1) is 0 Å². The monoisotopic (exact) mass is 389 g/mol. The van der Waals surface area contributed by atoms with Gasteiger partial charge in [0, 0.05) is 11.6 Å². The fraction of sp³-hybridized carbons (Fsp3) is 0.381. The van der Waals surface area contributed by atoms with Gasteiger partial charge in [-0.1, -0.05) is 0 Å². The predicted molar refractivity (Wildman–Crippen MR) is 108 cm³/mol. The molecule has 0 bridgehead atoms. The number of amides is 1. The average Bonchev–Trinajstić information content (AvgIpc) is 2.68. The van der Waals surface area contributed by atoms with Crippen LogP contribution < -0.4 is 29.2 Å². The summed E-state index contributed by atoms with van der Waals surface area (Å²) < 4.78 is 21.4. The largest absolute Gasteiger partial charge is 0.497 e. The lowest BCUT2D eigenvalue weighted by atomic mass is 10.2. The van der Waals surface area contributed by atoms with E-state index in [9.17, 15) is 4.79 Å². The van der Waals surface area contributed by atoms with Crippen molar-refractivity contribution in [3.8, 4) is 23.0 Å². The zero-order chi connectivity index (χ0) is 20.5. The molecule has 152 valence electrons. The van der Waals surface area contributed by atoms with Crippen molar-refractivity contribution >= 4 is 11.6 Å². The number of anilines is 1. The zero-order valence-corrected chi connectivity index (χ0v) is 17.1.